The molecule has 0 bridgehead atoms. The van der Waals surface area contributed by atoms with Crippen LogP contribution in [0.5, 0.6) is 0 Å². The van der Waals surface area contributed by atoms with Crippen molar-refractivity contribution >= 4 is 16.9 Å². The first-order valence-corrected chi connectivity index (χ1v) is 9.11. The van der Waals surface area contributed by atoms with E-state index in [-0.39, 0.29) is 5.82 Å². The third kappa shape index (κ3) is 3.26. The molecular weight excluding hydrogens is 331 g/mol. The molecule has 7 heteroatoms. The molecule has 1 aromatic carbocycles. The Morgan fingerprint density at radius 3 is 3.04 bits per heavy atom. The van der Waals surface area contributed by atoms with Gasteiger partial charge in [-0.15, -0.1) is 10.2 Å². The summed E-state index contributed by atoms with van der Waals surface area (Å²) in [5.74, 6) is 0.321. The van der Waals surface area contributed by atoms with Crippen LogP contribution in [0.25, 0.3) is 22.2 Å². The third-order valence-corrected chi connectivity index (χ3v) is 5.05. The minimum absolute atomic E-state index is 0.249. The summed E-state index contributed by atoms with van der Waals surface area (Å²) in [5.41, 5.74) is 3.13. The van der Waals surface area contributed by atoms with E-state index in [1.54, 1.807) is 6.07 Å². The Morgan fingerprint density at radius 1 is 1.35 bits per heavy atom. The number of benzene rings is 1. The van der Waals surface area contributed by atoms with Crippen LogP contribution in [0.4, 0.5) is 10.3 Å². The Kier molecular flexibility index (Phi) is 4.55. The van der Waals surface area contributed by atoms with Crippen LogP contribution in [0, 0.1) is 12.7 Å². The maximum Gasteiger partial charge on any atom is 0.243 e. The van der Waals surface area contributed by atoms with Gasteiger partial charge in [0, 0.05) is 35.2 Å². The van der Waals surface area contributed by atoms with Crippen LogP contribution >= 0.6 is 0 Å². The number of fused-ring (bicyclic) bond motifs is 1. The van der Waals surface area contributed by atoms with Gasteiger partial charge in [0.2, 0.25) is 5.95 Å². The van der Waals surface area contributed by atoms with Gasteiger partial charge in [-0.3, -0.25) is 0 Å². The fourth-order valence-electron chi connectivity index (χ4n) is 3.61. The largest absolute Gasteiger partial charge is 0.359 e. The molecule has 0 saturated carbocycles. The predicted octanol–water partition coefficient (Wildman–Crippen LogP) is 3.36. The zero-order chi connectivity index (χ0) is 18.1. The second-order valence-corrected chi connectivity index (χ2v) is 6.84. The summed E-state index contributed by atoms with van der Waals surface area (Å²) in [6, 6.07) is 5.84. The zero-order valence-electron chi connectivity index (χ0n) is 15.1. The number of halogens is 1. The van der Waals surface area contributed by atoms with E-state index in [0.717, 1.165) is 42.8 Å². The summed E-state index contributed by atoms with van der Waals surface area (Å²) >= 11 is 0. The Hall–Kier alpha value is -2.54. The highest BCUT2D eigenvalue weighted by Gasteiger charge is 2.20. The van der Waals surface area contributed by atoms with E-state index in [2.05, 4.69) is 37.3 Å². The van der Waals surface area contributed by atoms with E-state index in [9.17, 15) is 4.39 Å². The number of likely N-dealkylation sites (N-methyl/N-ethyl adjacent to an activating group) is 1. The molecule has 6 nitrogen and oxygen atoms in total. The van der Waals surface area contributed by atoms with Gasteiger partial charge in [0.1, 0.15) is 11.5 Å². The zero-order valence-corrected chi connectivity index (χ0v) is 15.1. The molecular formula is C19H23FN6. The Bertz CT molecular complexity index is 922. The summed E-state index contributed by atoms with van der Waals surface area (Å²) < 4.78 is 13.6. The molecule has 136 valence electrons. The molecule has 1 saturated heterocycles. The van der Waals surface area contributed by atoms with Crippen LogP contribution in [-0.2, 0) is 0 Å². The number of aryl methyl sites for hydroxylation is 1. The molecule has 4 rings (SSSR count). The van der Waals surface area contributed by atoms with E-state index in [0.29, 0.717) is 23.1 Å². The van der Waals surface area contributed by atoms with Crippen molar-refractivity contribution in [3.05, 3.63) is 35.9 Å². The van der Waals surface area contributed by atoms with Gasteiger partial charge < -0.3 is 15.2 Å². The van der Waals surface area contributed by atoms with Crippen LogP contribution in [0.3, 0.4) is 0 Å². The lowest BCUT2D eigenvalue weighted by Crippen LogP contribution is -2.42. The molecule has 1 aliphatic rings. The highest BCUT2D eigenvalue weighted by molar-refractivity contribution is 5.85. The van der Waals surface area contributed by atoms with Crippen molar-refractivity contribution in [3.8, 4) is 11.3 Å². The lowest BCUT2D eigenvalue weighted by molar-refractivity contribution is 0.226. The fourth-order valence-corrected chi connectivity index (χ4v) is 3.61. The highest BCUT2D eigenvalue weighted by atomic mass is 19.1. The maximum absolute atomic E-state index is 13.6. The SMILES string of the molecule is CCN1CCC[C@@H](Nc2nnc(-c3ccc4c(F)c[nH]c4c3)c(C)n2)C1. The number of likely N-dealkylation sites (tertiary alicyclic amines) is 1. The number of H-pyrrole nitrogens is 1. The predicted molar refractivity (Wildman–Crippen MR) is 101 cm³/mol. The number of nitrogens with one attached hydrogen (secondary N) is 2. The van der Waals surface area contributed by atoms with Crippen LogP contribution < -0.4 is 5.32 Å². The van der Waals surface area contributed by atoms with E-state index >= 15 is 0 Å². The first-order chi connectivity index (χ1) is 12.6. The van der Waals surface area contributed by atoms with Gasteiger partial charge in [-0.1, -0.05) is 13.0 Å². The number of nitrogens with zero attached hydrogens (tertiary/aromatic N) is 4. The second kappa shape index (κ2) is 6.99. The van der Waals surface area contributed by atoms with E-state index in [4.69, 9.17) is 0 Å². The van der Waals surface area contributed by atoms with Gasteiger partial charge in [0.05, 0.1) is 5.69 Å². The summed E-state index contributed by atoms with van der Waals surface area (Å²) in [7, 11) is 0. The van der Waals surface area contributed by atoms with Crippen molar-refractivity contribution in [2.45, 2.75) is 32.7 Å². The number of anilines is 1. The van der Waals surface area contributed by atoms with Crippen LogP contribution in [0.15, 0.2) is 24.4 Å². The summed E-state index contributed by atoms with van der Waals surface area (Å²) in [4.78, 5) is 9.96. The first-order valence-electron chi connectivity index (χ1n) is 9.11. The van der Waals surface area contributed by atoms with Gasteiger partial charge >= 0.3 is 0 Å². The molecule has 0 radical (unpaired) electrons. The standard InChI is InChI=1S/C19H23FN6/c1-3-26-8-4-5-14(11-26)23-19-22-12(2)18(24-25-19)13-6-7-15-16(20)10-21-17(15)9-13/h6-7,9-10,14,21H,3-5,8,11H2,1-2H3,(H,22,23,25)/t14-/m1/s1. The number of aromatic nitrogens is 4. The molecule has 0 spiro atoms. The van der Waals surface area contributed by atoms with Crippen LogP contribution in [0.2, 0.25) is 0 Å². The minimum Gasteiger partial charge on any atom is -0.359 e. The Balaban J connectivity index is 1.55. The highest BCUT2D eigenvalue weighted by Crippen LogP contribution is 2.25. The Morgan fingerprint density at radius 2 is 2.23 bits per heavy atom. The van der Waals surface area contributed by atoms with E-state index in [1.165, 1.54) is 12.6 Å². The summed E-state index contributed by atoms with van der Waals surface area (Å²) in [5, 5.41) is 12.6. The molecule has 1 fully saturated rings. The van der Waals surface area contributed by atoms with Crippen molar-refractivity contribution in [2.75, 3.05) is 25.0 Å². The van der Waals surface area contributed by atoms with Crippen LogP contribution in [-0.4, -0.2) is 50.7 Å². The molecule has 0 unspecified atom stereocenters. The van der Waals surface area contributed by atoms with Gasteiger partial charge in [0.15, 0.2) is 0 Å². The van der Waals surface area contributed by atoms with Crippen molar-refractivity contribution in [2.24, 2.45) is 0 Å². The monoisotopic (exact) mass is 354 g/mol. The lowest BCUT2D eigenvalue weighted by Gasteiger charge is -2.32. The number of hydrogen-bond acceptors (Lipinski definition) is 5. The average molecular weight is 354 g/mol. The smallest absolute Gasteiger partial charge is 0.243 e. The fraction of sp³-hybridized carbons (Fsp3) is 0.421. The Labute approximate surface area is 151 Å². The number of hydrogen-bond donors (Lipinski definition) is 2. The normalized spacial score (nSPS) is 18.3. The van der Waals surface area contributed by atoms with Crippen LogP contribution in [0.1, 0.15) is 25.5 Å². The third-order valence-electron chi connectivity index (χ3n) is 5.05. The molecule has 3 aromatic rings. The van der Waals surface area contributed by atoms with E-state index in [1.807, 2.05) is 19.1 Å². The van der Waals surface area contributed by atoms with Gasteiger partial charge in [-0.2, -0.15) is 0 Å². The quantitative estimate of drug-likeness (QED) is 0.752. The number of aromatic amines is 1. The summed E-state index contributed by atoms with van der Waals surface area (Å²) in [6.07, 6.45) is 3.67. The molecule has 2 N–H and O–H groups in total. The van der Waals surface area contributed by atoms with Gasteiger partial charge in [-0.25, -0.2) is 9.37 Å². The first kappa shape index (κ1) is 16.9. The van der Waals surface area contributed by atoms with Crippen molar-refractivity contribution in [1.29, 1.82) is 0 Å². The molecule has 1 atom stereocenters. The van der Waals surface area contributed by atoms with Crippen molar-refractivity contribution in [1.82, 2.24) is 25.1 Å². The van der Waals surface area contributed by atoms with E-state index < -0.39 is 0 Å². The molecule has 3 heterocycles. The number of rotatable bonds is 4. The molecule has 0 aliphatic carbocycles. The second-order valence-electron chi connectivity index (χ2n) is 6.84. The maximum atomic E-state index is 13.6. The van der Waals surface area contributed by atoms with Crippen molar-refractivity contribution in [3.63, 3.8) is 0 Å². The van der Waals surface area contributed by atoms with Crippen molar-refractivity contribution < 1.29 is 4.39 Å². The molecule has 0 amide bonds. The van der Waals surface area contributed by atoms with Gasteiger partial charge in [0.25, 0.3) is 0 Å². The topological polar surface area (TPSA) is 69.7 Å². The lowest BCUT2D eigenvalue weighted by atomic mass is 10.1. The molecule has 26 heavy (non-hydrogen) atoms. The molecule has 2 aromatic heterocycles. The average Bonchev–Trinajstić information content (AvgIpc) is 3.02. The minimum atomic E-state index is -0.249. The van der Waals surface area contributed by atoms with Gasteiger partial charge in [-0.05, 0) is 45.0 Å². The number of piperidine rings is 1. The summed E-state index contributed by atoms with van der Waals surface area (Å²) in [6.45, 7) is 7.35. The molecule has 1 aliphatic heterocycles.